The van der Waals surface area contributed by atoms with E-state index < -0.39 is 17.8 Å². The second kappa shape index (κ2) is 3.67. The molecule has 0 bridgehead atoms. The molecule has 1 heterocycles. The van der Waals surface area contributed by atoms with Gasteiger partial charge in [0.2, 0.25) is 5.82 Å². The van der Waals surface area contributed by atoms with E-state index in [4.69, 9.17) is 0 Å². The van der Waals surface area contributed by atoms with Crippen LogP contribution >= 0.6 is 0 Å². The molecule has 3 nitrogen and oxygen atoms in total. The average molecular weight is 220 g/mol. The van der Waals surface area contributed by atoms with Crippen LogP contribution in [0.3, 0.4) is 0 Å². The molecule has 0 atom stereocenters. The van der Waals surface area contributed by atoms with E-state index in [1.54, 1.807) is 13.8 Å². The molecule has 0 spiro atoms. The van der Waals surface area contributed by atoms with E-state index in [1.165, 1.54) is 6.92 Å². The van der Waals surface area contributed by atoms with Crippen molar-refractivity contribution in [1.29, 1.82) is 0 Å². The second-order valence-electron chi connectivity index (χ2n) is 3.50. The predicted molar refractivity (Wildman–Crippen MR) is 47.6 cm³/mol. The maximum atomic E-state index is 12.5. The van der Waals surface area contributed by atoms with Crippen LogP contribution in [0.5, 0.6) is 0 Å². The van der Waals surface area contributed by atoms with Crippen molar-refractivity contribution in [3.05, 3.63) is 17.7 Å². The molecule has 1 aromatic heterocycles. The van der Waals surface area contributed by atoms with Gasteiger partial charge < -0.3 is 4.57 Å². The minimum absolute atomic E-state index is 0.156. The van der Waals surface area contributed by atoms with E-state index in [1.807, 2.05) is 0 Å². The molecule has 0 fully saturated rings. The Bertz CT molecular complexity index is 379. The summed E-state index contributed by atoms with van der Waals surface area (Å²) in [5, 5.41) is 0. The van der Waals surface area contributed by atoms with E-state index in [0.29, 0.717) is 0 Å². The predicted octanol–water partition coefficient (Wildman–Crippen LogP) is 2.69. The topological polar surface area (TPSA) is 34.9 Å². The summed E-state index contributed by atoms with van der Waals surface area (Å²) in [6, 6.07) is -0.387. The number of aromatic nitrogens is 2. The lowest BCUT2D eigenvalue weighted by molar-refractivity contribution is -0.147. The molecule has 0 aliphatic heterocycles. The van der Waals surface area contributed by atoms with Crippen molar-refractivity contribution in [2.75, 3.05) is 0 Å². The van der Waals surface area contributed by atoms with Crippen molar-refractivity contribution in [3.8, 4) is 0 Å². The maximum Gasteiger partial charge on any atom is 0.449 e. The summed E-state index contributed by atoms with van der Waals surface area (Å²) in [7, 11) is 0. The molecule has 0 radical (unpaired) electrons. The fourth-order valence-corrected chi connectivity index (χ4v) is 1.17. The number of hydrogen-bond acceptors (Lipinski definition) is 2. The summed E-state index contributed by atoms with van der Waals surface area (Å²) in [6.07, 6.45) is -3.40. The first kappa shape index (κ1) is 11.7. The Morgan fingerprint density at radius 3 is 2.27 bits per heavy atom. The molecule has 0 unspecified atom stereocenters. The molecule has 84 valence electrons. The number of nitrogens with zero attached hydrogens (tertiary/aromatic N) is 2. The Morgan fingerprint density at radius 2 is 2.00 bits per heavy atom. The van der Waals surface area contributed by atoms with Gasteiger partial charge in [0.15, 0.2) is 5.78 Å². The molecule has 0 aromatic carbocycles. The lowest BCUT2D eigenvalue weighted by Crippen LogP contribution is -2.15. The molecule has 0 saturated carbocycles. The fourth-order valence-electron chi connectivity index (χ4n) is 1.17. The van der Waals surface area contributed by atoms with Crippen LogP contribution in [0.2, 0.25) is 0 Å². The zero-order chi connectivity index (χ0) is 11.8. The first-order chi connectivity index (χ1) is 6.73. The molecule has 15 heavy (non-hydrogen) atoms. The van der Waals surface area contributed by atoms with Crippen LogP contribution in [0.25, 0.3) is 0 Å². The van der Waals surface area contributed by atoms with Crippen LogP contribution in [0.1, 0.15) is 43.1 Å². The molecular formula is C9H11F3N2O. The van der Waals surface area contributed by atoms with E-state index in [2.05, 4.69) is 4.98 Å². The quantitative estimate of drug-likeness (QED) is 0.718. The fraction of sp³-hybridized carbons (Fsp3) is 0.556. The highest BCUT2D eigenvalue weighted by Gasteiger charge is 2.37. The number of carbonyl (C=O) groups is 1. The molecular weight excluding hydrogens is 209 g/mol. The zero-order valence-corrected chi connectivity index (χ0v) is 8.59. The van der Waals surface area contributed by atoms with Gasteiger partial charge >= 0.3 is 6.18 Å². The van der Waals surface area contributed by atoms with Gasteiger partial charge in [-0.3, -0.25) is 4.79 Å². The van der Waals surface area contributed by atoms with Crippen molar-refractivity contribution in [1.82, 2.24) is 9.55 Å². The van der Waals surface area contributed by atoms with Crippen molar-refractivity contribution in [3.63, 3.8) is 0 Å². The number of hydrogen-bond donors (Lipinski definition) is 0. The second-order valence-corrected chi connectivity index (χ2v) is 3.50. The number of alkyl halides is 3. The van der Waals surface area contributed by atoms with Gasteiger partial charge in [-0.25, -0.2) is 4.98 Å². The number of ketones is 1. The van der Waals surface area contributed by atoms with Crippen molar-refractivity contribution >= 4 is 5.78 Å². The highest BCUT2D eigenvalue weighted by Crippen LogP contribution is 2.30. The minimum Gasteiger partial charge on any atom is -0.324 e. The maximum absolute atomic E-state index is 12.5. The third-order valence-corrected chi connectivity index (χ3v) is 1.90. The summed E-state index contributed by atoms with van der Waals surface area (Å²) >= 11 is 0. The Labute approximate surface area is 84.9 Å². The highest BCUT2D eigenvalue weighted by molar-refractivity contribution is 5.91. The summed E-state index contributed by atoms with van der Waals surface area (Å²) in [4.78, 5) is 14.2. The van der Waals surface area contributed by atoms with Gasteiger partial charge in [0, 0.05) is 19.2 Å². The third kappa shape index (κ3) is 2.37. The van der Waals surface area contributed by atoms with Gasteiger partial charge in [-0.2, -0.15) is 13.2 Å². The van der Waals surface area contributed by atoms with Gasteiger partial charge in [0.1, 0.15) is 5.69 Å². The summed E-state index contributed by atoms with van der Waals surface area (Å²) in [5.74, 6) is -1.50. The molecule has 6 heteroatoms. The van der Waals surface area contributed by atoms with Gasteiger partial charge in [-0.05, 0) is 13.8 Å². The largest absolute Gasteiger partial charge is 0.449 e. The van der Waals surface area contributed by atoms with Gasteiger partial charge in [0.25, 0.3) is 0 Å². The van der Waals surface area contributed by atoms with E-state index in [9.17, 15) is 18.0 Å². The van der Waals surface area contributed by atoms with Crippen LogP contribution in [-0.4, -0.2) is 15.3 Å². The molecule has 1 rings (SSSR count). The van der Waals surface area contributed by atoms with Crippen LogP contribution in [0.15, 0.2) is 6.20 Å². The summed E-state index contributed by atoms with van der Waals surface area (Å²) < 4.78 is 38.4. The van der Waals surface area contributed by atoms with Crippen molar-refractivity contribution in [2.45, 2.75) is 33.0 Å². The summed E-state index contributed by atoms with van der Waals surface area (Å²) in [6.45, 7) is 4.38. The number of Topliss-reactive ketones (excluding diaryl/α,β-unsaturated/α-hetero) is 1. The number of imidazole rings is 1. The SMILES string of the molecule is CC(=O)c1cn(C(C)C)c(C(F)(F)F)n1. The van der Waals surface area contributed by atoms with E-state index in [0.717, 1.165) is 10.8 Å². The minimum atomic E-state index is -4.53. The zero-order valence-electron chi connectivity index (χ0n) is 8.59. The molecule has 0 amide bonds. The number of carbonyl (C=O) groups excluding carboxylic acids is 1. The Hall–Kier alpha value is -1.33. The van der Waals surface area contributed by atoms with Crippen molar-refractivity contribution < 1.29 is 18.0 Å². The Balaban J connectivity index is 3.30. The van der Waals surface area contributed by atoms with Gasteiger partial charge in [-0.1, -0.05) is 0 Å². The van der Waals surface area contributed by atoms with Crippen LogP contribution in [0, 0.1) is 0 Å². The van der Waals surface area contributed by atoms with Crippen LogP contribution in [0.4, 0.5) is 13.2 Å². The first-order valence-corrected chi connectivity index (χ1v) is 4.40. The van der Waals surface area contributed by atoms with Gasteiger partial charge in [0.05, 0.1) is 0 Å². The van der Waals surface area contributed by atoms with E-state index >= 15 is 0 Å². The number of rotatable bonds is 2. The molecule has 0 aliphatic rings. The Morgan fingerprint density at radius 1 is 1.47 bits per heavy atom. The third-order valence-electron chi connectivity index (χ3n) is 1.90. The van der Waals surface area contributed by atoms with Gasteiger partial charge in [-0.15, -0.1) is 0 Å². The molecule has 1 aromatic rings. The lowest BCUT2D eigenvalue weighted by Gasteiger charge is -2.12. The lowest BCUT2D eigenvalue weighted by atomic mass is 10.3. The van der Waals surface area contributed by atoms with Crippen molar-refractivity contribution in [2.24, 2.45) is 0 Å². The monoisotopic (exact) mass is 220 g/mol. The normalized spacial score (nSPS) is 12.2. The highest BCUT2D eigenvalue weighted by atomic mass is 19.4. The average Bonchev–Trinajstić information content (AvgIpc) is 2.45. The van der Waals surface area contributed by atoms with Crippen LogP contribution in [-0.2, 0) is 6.18 Å². The number of halogens is 3. The van der Waals surface area contributed by atoms with Crippen LogP contribution < -0.4 is 0 Å². The standard InChI is InChI=1S/C9H11F3N2O/c1-5(2)14-4-7(6(3)15)13-8(14)9(10,11)12/h4-5H,1-3H3. The first-order valence-electron chi connectivity index (χ1n) is 4.40. The molecule has 0 saturated heterocycles. The Kier molecular flexibility index (Phi) is 2.88. The smallest absolute Gasteiger partial charge is 0.324 e. The molecule has 0 N–H and O–H groups in total. The molecule has 0 aliphatic carbocycles. The van der Waals surface area contributed by atoms with E-state index in [-0.39, 0.29) is 11.7 Å². The summed E-state index contributed by atoms with van der Waals surface area (Å²) in [5.41, 5.74) is -0.156.